The van der Waals surface area contributed by atoms with Crippen LogP contribution in [0.4, 0.5) is 5.95 Å². The molecule has 6 nitrogen and oxygen atoms in total. The van der Waals surface area contributed by atoms with Gasteiger partial charge in [-0.3, -0.25) is 4.79 Å². The highest BCUT2D eigenvalue weighted by molar-refractivity contribution is 5.92. The number of nitrogens with zero attached hydrogens (tertiary/aromatic N) is 3. The maximum absolute atomic E-state index is 12.7. The quantitative estimate of drug-likeness (QED) is 0.906. The van der Waals surface area contributed by atoms with Crippen LogP contribution in [0.3, 0.4) is 0 Å². The summed E-state index contributed by atoms with van der Waals surface area (Å²) in [6.45, 7) is 3.28. The van der Waals surface area contributed by atoms with Crippen molar-refractivity contribution in [1.29, 1.82) is 0 Å². The number of benzene rings is 1. The van der Waals surface area contributed by atoms with Gasteiger partial charge in [-0.1, -0.05) is 12.1 Å². The first-order chi connectivity index (χ1) is 11.6. The Labute approximate surface area is 141 Å². The van der Waals surface area contributed by atoms with Gasteiger partial charge in [-0.2, -0.15) is 0 Å². The molecule has 1 fully saturated rings. The molecule has 0 atom stereocenters. The summed E-state index contributed by atoms with van der Waals surface area (Å²) in [6.07, 6.45) is 1.83. The fraction of sp³-hybridized carbons (Fsp3) is 0.389. The summed E-state index contributed by atoms with van der Waals surface area (Å²) in [7, 11) is 1.74. The van der Waals surface area contributed by atoms with E-state index >= 15 is 0 Å². The van der Waals surface area contributed by atoms with Gasteiger partial charge in [-0.15, -0.1) is 0 Å². The maximum atomic E-state index is 12.7. The van der Waals surface area contributed by atoms with Crippen LogP contribution < -0.4 is 5.32 Å². The smallest absolute Gasteiger partial charge is 0.272 e. The predicted molar refractivity (Wildman–Crippen MR) is 92.3 cm³/mol. The number of aromatic hydroxyl groups is 1. The van der Waals surface area contributed by atoms with E-state index in [4.69, 9.17) is 0 Å². The highest BCUT2D eigenvalue weighted by atomic mass is 16.3. The Balaban J connectivity index is 1.67. The minimum Gasteiger partial charge on any atom is -0.508 e. The zero-order valence-electron chi connectivity index (χ0n) is 14.0. The summed E-state index contributed by atoms with van der Waals surface area (Å²) < 4.78 is 0. The van der Waals surface area contributed by atoms with Crippen LogP contribution in [0.25, 0.3) is 0 Å². The molecule has 1 aromatic heterocycles. The number of hydrogen-bond acceptors (Lipinski definition) is 5. The van der Waals surface area contributed by atoms with Crippen LogP contribution in [-0.4, -0.2) is 46.0 Å². The number of nitrogens with one attached hydrogen (secondary N) is 1. The van der Waals surface area contributed by atoms with E-state index in [-0.39, 0.29) is 11.7 Å². The molecule has 0 bridgehead atoms. The Kier molecular flexibility index (Phi) is 4.64. The zero-order chi connectivity index (χ0) is 17.1. The van der Waals surface area contributed by atoms with Gasteiger partial charge in [0.05, 0.1) is 0 Å². The lowest BCUT2D eigenvalue weighted by Crippen LogP contribution is -2.38. The lowest BCUT2D eigenvalue weighted by atomic mass is 9.89. The molecule has 3 rings (SSSR count). The summed E-state index contributed by atoms with van der Waals surface area (Å²) in [5.41, 5.74) is 2.43. The second-order valence-electron chi connectivity index (χ2n) is 6.13. The number of aromatic nitrogens is 2. The molecule has 1 aliphatic heterocycles. The summed E-state index contributed by atoms with van der Waals surface area (Å²) in [5, 5.41) is 12.3. The van der Waals surface area contributed by atoms with Gasteiger partial charge >= 0.3 is 0 Å². The summed E-state index contributed by atoms with van der Waals surface area (Å²) in [4.78, 5) is 23.0. The van der Waals surface area contributed by atoms with Crippen LogP contribution in [0.1, 0.15) is 40.5 Å². The third-order valence-corrected chi connectivity index (χ3v) is 4.44. The number of likely N-dealkylation sites (tertiary alicyclic amines) is 1. The van der Waals surface area contributed by atoms with Gasteiger partial charge in [0.2, 0.25) is 5.95 Å². The zero-order valence-corrected chi connectivity index (χ0v) is 14.0. The Morgan fingerprint density at radius 2 is 1.88 bits per heavy atom. The minimum absolute atomic E-state index is 0.0406. The van der Waals surface area contributed by atoms with Gasteiger partial charge in [-0.05, 0) is 49.4 Å². The Bertz CT molecular complexity index is 722. The average Bonchev–Trinajstić information content (AvgIpc) is 2.61. The normalized spacial score (nSPS) is 15.3. The average molecular weight is 326 g/mol. The standard InChI is InChI=1S/C18H22N4O2/c1-12-11-16(21-18(19-2)20-12)17(24)22-9-7-14(8-10-22)13-3-5-15(23)6-4-13/h3-6,11,14,23H,7-10H2,1-2H3,(H,19,20,21). The molecule has 6 heteroatoms. The SMILES string of the molecule is CNc1nc(C)cc(C(=O)N2CCC(c3ccc(O)cc3)CC2)n1. The van der Waals surface area contributed by atoms with Crippen molar-refractivity contribution >= 4 is 11.9 Å². The number of carbonyl (C=O) groups is 1. The Morgan fingerprint density at radius 1 is 1.21 bits per heavy atom. The first-order valence-corrected chi connectivity index (χ1v) is 8.18. The first kappa shape index (κ1) is 16.2. The van der Waals surface area contributed by atoms with Crippen LogP contribution in [-0.2, 0) is 0 Å². The number of amides is 1. The molecule has 2 aromatic rings. The molecule has 1 amide bonds. The van der Waals surface area contributed by atoms with Crippen LogP contribution >= 0.6 is 0 Å². The van der Waals surface area contributed by atoms with E-state index in [1.165, 1.54) is 5.56 Å². The van der Waals surface area contributed by atoms with E-state index in [1.807, 2.05) is 24.0 Å². The lowest BCUT2D eigenvalue weighted by Gasteiger charge is -2.32. The van der Waals surface area contributed by atoms with Gasteiger partial charge in [0.15, 0.2) is 0 Å². The number of phenols is 1. The number of hydrogen-bond donors (Lipinski definition) is 2. The number of piperidine rings is 1. The first-order valence-electron chi connectivity index (χ1n) is 8.18. The molecule has 1 aliphatic rings. The molecule has 1 saturated heterocycles. The van der Waals surface area contributed by atoms with Crippen molar-refractivity contribution in [3.8, 4) is 5.75 Å². The minimum atomic E-state index is -0.0406. The molecule has 0 unspecified atom stereocenters. The highest BCUT2D eigenvalue weighted by Gasteiger charge is 2.25. The van der Waals surface area contributed by atoms with E-state index in [9.17, 15) is 9.90 Å². The van der Waals surface area contributed by atoms with Crippen molar-refractivity contribution in [1.82, 2.24) is 14.9 Å². The molecule has 126 valence electrons. The molecule has 1 aromatic carbocycles. The fourth-order valence-electron chi connectivity index (χ4n) is 3.11. The highest BCUT2D eigenvalue weighted by Crippen LogP contribution is 2.29. The van der Waals surface area contributed by atoms with Crippen LogP contribution in [0.5, 0.6) is 5.75 Å². The molecule has 24 heavy (non-hydrogen) atoms. The number of anilines is 1. The summed E-state index contributed by atoms with van der Waals surface area (Å²) in [5.74, 6) is 1.14. The lowest BCUT2D eigenvalue weighted by molar-refractivity contribution is 0.0707. The van der Waals surface area contributed by atoms with Crippen molar-refractivity contribution in [3.63, 3.8) is 0 Å². The Hall–Kier alpha value is -2.63. The van der Waals surface area contributed by atoms with Crippen molar-refractivity contribution in [2.24, 2.45) is 0 Å². The van der Waals surface area contributed by atoms with Crippen LogP contribution in [0, 0.1) is 6.92 Å². The maximum Gasteiger partial charge on any atom is 0.272 e. The molecule has 2 N–H and O–H groups in total. The van der Waals surface area contributed by atoms with Crippen LogP contribution in [0.15, 0.2) is 30.3 Å². The topological polar surface area (TPSA) is 78.4 Å². The molecule has 2 heterocycles. The second-order valence-corrected chi connectivity index (χ2v) is 6.13. The summed E-state index contributed by atoms with van der Waals surface area (Å²) >= 11 is 0. The largest absolute Gasteiger partial charge is 0.508 e. The molecular formula is C18H22N4O2. The summed E-state index contributed by atoms with van der Waals surface area (Å²) in [6, 6.07) is 9.09. The molecule has 0 spiro atoms. The number of aryl methyl sites for hydroxylation is 1. The van der Waals surface area contributed by atoms with Gasteiger partial charge in [0.25, 0.3) is 5.91 Å². The third kappa shape index (κ3) is 3.48. The van der Waals surface area contributed by atoms with Gasteiger partial charge in [0, 0.05) is 25.8 Å². The number of phenolic OH excluding ortho intramolecular Hbond substituents is 1. The van der Waals surface area contributed by atoms with Crippen LogP contribution in [0.2, 0.25) is 0 Å². The van der Waals surface area contributed by atoms with E-state index in [0.29, 0.717) is 30.6 Å². The van der Waals surface area contributed by atoms with E-state index in [2.05, 4.69) is 15.3 Å². The van der Waals surface area contributed by atoms with Gasteiger partial charge < -0.3 is 15.3 Å². The van der Waals surface area contributed by atoms with E-state index in [0.717, 1.165) is 18.5 Å². The van der Waals surface area contributed by atoms with Crippen molar-refractivity contribution in [2.45, 2.75) is 25.7 Å². The van der Waals surface area contributed by atoms with Crippen molar-refractivity contribution in [3.05, 3.63) is 47.3 Å². The predicted octanol–water partition coefficient (Wildman–Crippen LogP) is 2.55. The van der Waals surface area contributed by atoms with Crippen molar-refractivity contribution in [2.75, 3.05) is 25.5 Å². The van der Waals surface area contributed by atoms with E-state index in [1.54, 1.807) is 25.2 Å². The number of rotatable bonds is 3. The molecular weight excluding hydrogens is 304 g/mol. The molecule has 0 radical (unpaired) electrons. The molecule has 0 saturated carbocycles. The fourth-order valence-corrected chi connectivity index (χ4v) is 3.11. The second kappa shape index (κ2) is 6.86. The monoisotopic (exact) mass is 326 g/mol. The van der Waals surface area contributed by atoms with Gasteiger partial charge in [-0.25, -0.2) is 9.97 Å². The van der Waals surface area contributed by atoms with Crippen molar-refractivity contribution < 1.29 is 9.90 Å². The van der Waals surface area contributed by atoms with Gasteiger partial charge in [0.1, 0.15) is 11.4 Å². The number of carbonyl (C=O) groups excluding carboxylic acids is 1. The Morgan fingerprint density at radius 3 is 2.50 bits per heavy atom. The molecule has 0 aliphatic carbocycles. The third-order valence-electron chi connectivity index (χ3n) is 4.44. The van der Waals surface area contributed by atoms with E-state index < -0.39 is 0 Å².